The summed E-state index contributed by atoms with van der Waals surface area (Å²) in [7, 11) is 0. The molecular formula is C15H20ClI2N3. The molecule has 2 atom stereocenters. The van der Waals surface area contributed by atoms with Gasteiger partial charge in [0.15, 0.2) is 5.96 Å². The molecule has 1 N–H and O–H groups in total. The average molecular weight is 532 g/mol. The predicted molar refractivity (Wildman–Crippen MR) is 108 cm³/mol. The minimum atomic E-state index is 0. The second-order valence-electron chi connectivity index (χ2n) is 5.76. The van der Waals surface area contributed by atoms with Gasteiger partial charge in [-0.05, 0) is 59.0 Å². The van der Waals surface area contributed by atoms with Crippen LogP contribution in [0.3, 0.4) is 0 Å². The SMILES string of the molecule is CC1CCC2CN=C(NCc3ccc(I)c(Cl)c3)N2C1.I. The van der Waals surface area contributed by atoms with Gasteiger partial charge in [-0.3, -0.25) is 4.99 Å². The minimum Gasteiger partial charge on any atom is -0.352 e. The van der Waals surface area contributed by atoms with Crippen LogP contribution in [0.5, 0.6) is 0 Å². The largest absolute Gasteiger partial charge is 0.352 e. The number of benzene rings is 1. The van der Waals surface area contributed by atoms with Crippen molar-refractivity contribution in [1.29, 1.82) is 0 Å². The molecule has 2 aliphatic rings. The molecule has 0 saturated carbocycles. The van der Waals surface area contributed by atoms with Crippen molar-refractivity contribution >= 4 is 64.1 Å². The summed E-state index contributed by atoms with van der Waals surface area (Å²) in [5.74, 6) is 1.83. The number of guanidine groups is 1. The highest BCUT2D eigenvalue weighted by Gasteiger charge is 2.32. The molecule has 1 saturated heterocycles. The third-order valence-corrected chi connectivity index (χ3v) is 5.67. The van der Waals surface area contributed by atoms with E-state index in [1.807, 2.05) is 6.07 Å². The highest BCUT2D eigenvalue weighted by atomic mass is 127. The molecule has 1 fully saturated rings. The van der Waals surface area contributed by atoms with Crippen molar-refractivity contribution in [3.63, 3.8) is 0 Å². The van der Waals surface area contributed by atoms with Crippen molar-refractivity contribution < 1.29 is 0 Å². The Morgan fingerprint density at radius 3 is 3.00 bits per heavy atom. The zero-order valence-corrected chi connectivity index (χ0v) is 17.2. The molecule has 6 heteroatoms. The first kappa shape index (κ1) is 17.6. The van der Waals surface area contributed by atoms with Crippen LogP contribution in [0, 0.1) is 9.49 Å². The maximum absolute atomic E-state index is 6.16. The molecule has 1 aromatic carbocycles. The van der Waals surface area contributed by atoms with Gasteiger partial charge in [-0.25, -0.2) is 0 Å². The Kier molecular flexibility index (Phi) is 6.43. The summed E-state index contributed by atoms with van der Waals surface area (Å²) in [6.45, 7) is 5.19. The zero-order valence-electron chi connectivity index (χ0n) is 12.0. The molecule has 116 valence electrons. The van der Waals surface area contributed by atoms with Crippen LogP contribution in [0.15, 0.2) is 23.2 Å². The number of aliphatic imine (C=N–C) groups is 1. The topological polar surface area (TPSA) is 27.6 Å². The smallest absolute Gasteiger partial charge is 0.194 e. The van der Waals surface area contributed by atoms with Gasteiger partial charge in [0.25, 0.3) is 0 Å². The number of rotatable bonds is 2. The standard InChI is InChI=1S/C15H19ClIN3.HI/c1-10-2-4-12-8-19-15(20(12)9-10)18-7-11-3-5-14(17)13(16)6-11;/h3,5-6,10,12H,2,4,7-9H2,1H3,(H,18,19);1H. The van der Waals surface area contributed by atoms with Gasteiger partial charge in [-0.2, -0.15) is 0 Å². The maximum atomic E-state index is 6.16. The number of halogens is 3. The molecule has 0 aromatic heterocycles. The van der Waals surface area contributed by atoms with Crippen LogP contribution >= 0.6 is 58.2 Å². The van der Waals surface area contributed by atoms with Crippen LogP contribution in [-0.2, 0) is 6.54 Å². The molecule has 21 heavy (non-hydrogen) atoms. The van der Waals surface area contributed by atoms with Gasteiger partial charge in [0.1, 0.15) is 0 Å². The van der Waals surface area contributed by atoms with E-state index in [1.165, 1.54) is 18.4 Å². The fraction of sp³-hybridized carbons (Fsp3) is 0.533. The summed E-state index contributed by atoms with van der Waals surface area (Å²) in [6, 6.07) is 6.82. The van der Waals surface area contributed by atoms with Crippen molar-refractivity contribution in [3.8, 4) is 0 Å². The van der Waals surface area contributed by atoms with E-state index in [0.29, 0.717) is 6.04 Å². The lowest BCUT2D eigenvalue weighted by Crippen LogP contribution is -2.48. The number of nitrogens with one attached hydrogen (secondary N) is 1. The van der Waals surface area contributed by atoms with E-state index in [-0.39, 0.29) is 24.0 Å². The van der Waals surface area contributed by atoms with E-state index < -0.39 is 0 Å². The monoisotopic (exact) mass is 531 g/mol. The summed E-state index contributed by atoms with van der Waals surface area (Å²) < 4.78 is 1.09. The molecule has 3 nitrogen and oxygen atoms in total. The van der Waals surface area contributed by atoms with Gasteiger partial charge in [0.2, 0.25) is 0 Å². The van der Waals surface area contributed by atoms with Gasteiger partial charge in [-0.15, -0.1) is 24.0 Å². The molecule has 2 unspecified atom stereocenters. The van der Waals surface area contributed by atoms with Crippen LogP contribution in [0.4, 0.5) is 0 Å². The summed E-state index contributed by atoms with van der Waals surface area (Å²) >= 11 is 8.41. The highest BCUT2D eigenvalue weighted by molar-refractivity contribution is 14.1. The van der Waals surface area contributed by atoms with Crippen molar-refractivity contribution in [1.82, 2.24) is 10.2 Å². The number of piperidine rings is 1. The number of hydrogen-bond donors (Lipinski definition) is 1. The van der Waals surface area contributed by atoms with Crippen molar-refractivity contribution in [2.45, 2.75) is 32.4 Å². The predicted octanol–water partition coefficient (Wildman–Crippen LogP) is 4.12. The first-order valence-electron chi connectivity index (χ1n) is 7.12. The zero-order chi connectivity index (χ0) is 14.1. The van der Waals surface area contributed by atoms with E-state index in [4.69, 9.17) is 11.6 Å². The van der Waals surface area contributed by atoms with Crippen LogP contribution in [-0.4, -0.2) is 30.0 Å². The minimum absolute atomic E-state index is 0. The second kappa shape index (κ2) is 7.68. The first-order chi connectivity index (χ1) is 9.63. The van der Waals surface area contributed by atoms with E-state index >= 15 is 0 Å². The summed E-state index contributed by atoms with van der Waals surface area (Å²) in [6.07, 6.45) is 2.60. The third kappa shape index (κ3) is 4.16. The highest BCUT2D eigenvalue weighted by Crippen LogP contribution is 2.25. The molecule has 0 aliphatic carbocycles. The Morgan fingerprint density at radius 1 is 1.43 bits per heavy atom. The number of nitrogens with zero attached hydrogens (tertiary/aromatic N) is 2. The van der Waals surface area contributed by atoms with Gasteiger partial charge >= 0.3 is 0 Å². The van der Waals surface area contributed by atoms with Crippen LogP contribution < -0.4 is 5.32 Å². The Balaban J connectivity index is 0.00000161. The molecule has 0 bridgehead atoms. The Labute approximate surface area is 162 Å². The van der Waals surface area contributed by atoms with Gasteiger partial charge in [0.05, 0.1) is 17.6 Å². The Bertz CT molecular complexity index is 536. The van der Waals surface area contributed by atoms with Crippen molar-refractivity contribution in [2.75, 3.05) is 13.1 Å². The first-order valence-corrected chi connectivity index (χ1v) is 8.58. The van der Waals surface area contributed by atoms with E-state index in [2.05, 4.69) is 56.9 Å². The third-order valence-electron chi connectivity index (χ3n) is 4.10. The lowest BCUT2D eigenvalue weighted by molar-refractivity contribution is 0.211. The summed E-state index contributed by atoms with van der Waals surface area (Å²) in [4.78, 5) is 7.11. The Hall–Kier alpha value is 0.240. The van der Waals surface area contributed by atoms with E-state index in [9.17, 15) is 0 Å². The van der Waals surface area contributed by atoms with Crippen LogP contribution in [0.2, 0.25) is 5.02 Å². The van der Waals surface area contributed by atoms with Gasteiger partial charge < -0.3 is 10.2 Å². The molecule has 0 spiro atoms. The molecule has 2 heterocycles. The number of hydrogen-bond acceptors (Lipinski definition) is 3. The van der Waals surface area contributed by atoms with Gasteiger partial charge in [0, 0.05) is 16.7 Å². The molecule has 0 amide bonds. The fourth-order valence-corrected chi connectivity index (χ4v) is 3.47. The normalized spacial score (nSPS) is 24.1. The van der Waals surface area contributed by atoms with E-state index in [0.717, 1.165) is 40.1 Å². The van der Waals surface area contributed by atoms with E-state index in [1.54, 1.807) is 0 Å². The fourth-order valence-electron chi connectivity index (χ4n) is 2.93. The maximum Gasteiger partial charge on any atom is 0.194 e. The molecule has 1 aromatic rings. The Morgan fingerprint density at radius 2 is 2.24 bits per heavy atom. The summed E-state index contributed by atoms with van der Waals surface area (Å²) in [5.41, 5.74) is 1.20. The molecule has 2 aliphatic heterocycles. The number of fused-ring (bicyclic) bond motifs is 1. The van der Waals surface area contributed by atoms with Crippen molar-refractivity contribution in [2.24, 2.45) is 10.9 Å². The second-order valence-corrected chi connectivity index (χ2v) is 7.32. The molecule has 3 rings (SSSR count). The van der Waals surface area contributed by atoms with Crippen LogP contribution in [0.25, 0.3) is 0 Å². The van der Waals surface area contributed by atoms with Crippen molar-refractivity contribution in [3.05, 3.63) is 32.4 Å². The lowest BCUT2D eigenvalue weighted by atomic mass is 9.95. The molecular weight excluding hydrogens is 511 g/mol. The molecule has 0 radical (unpaired) electrons. The summed E-state index contributed by atoms with van der Waals surface area (Å²) in [5, 5.41) is 4.30. The van der Waals surface area contributed by atoms with Gasteiger partial charge in [-0.1, -0.05) is 24.6 Å². The van der Waals surface area contributed by atoms with Crippen LogP contribution in [0.1, 0.15) is 25.3 Å². The quantitative estimate of drug-likeness (QED) is 0.582. The average Bonchev–Trinajstić information content (AvgIpc) is 2.82. The lowest BCUT2D eigenvalue weighted by Gasteiger charge is -2.35.